The Balaban J connectivity index is 1.05. The summed E-state index contributed by atoms with van der Waals surface area (Å²) in [6.45, 7) is 0. The van der Waals surface area contributed by atoms with Crippen molar-refractivity contribution in [2.24, 2.45) is 0 Å². The quantitative estimate of drug-likeness (QED) is 0.188. The molecule has 0 N–H and O–H groups in total. The summed E-state index contributed by atoms with van der Waals surface area (Å²) in [7, 11) is 0. The van der Waals surface area contributed by atoms with Crippen LogP contribution in [0.3, 0.4) is 0 Å². The highest BCUT2D eigenvalue weighted by molar-refractivity contribution is 6.12. The molecule has 7 aromatic carbocycles. The molecule has 0 aliphatic rings. The molecule has 6 heteroatoms. The zero-order chi connectivity index (χ0) is 33.5. The molecule has 238 valence electrons. The molecule has 0 fully saturated rings. The van der Waals surface area contributed by atoms with Gasteiger partial charge in [0.05, 0.1) is 0 Å². The Hall–Kier alpha value is -7.05. The van der Waals surface area contributed by atoms with E-state index in [0.717, 1.165) is 93.6 Å². The normalized spacial score (nSPS) is 11.9. The molecule has 0 aliphatic heterocycles. The van der Waals surface area contributed by atoms with E-state index in [2.05, 4.69) is 54.6 Å². The lowest BCUT2D eigenvalue weighted by Gasteiger charge is -2.09. The molecule has 0 amide bonds. The SMILES string of the molecule is c1ccc(-c2nc(-c3ccc4c(c3)oc3ccc(-c5ccc6oc7ccccc7c6c5)cc34)nc(-c3cccc4oc5ccccc5c34)n2)cc1. The van der Waals surface area contributed by atoms with E-state index in [1.54, 1.807) is 0 Å². The van der Waals surface area contributed by atoms with Crippen LogP contribution in [0.15, 0.2) is 165 Å². The van der Waals surface area contributed by atoms with Gasteiger partial charge in [-0.1, -0.05) is 97.1 Å². The number of nitrogens with zero attached hydrogens (tertiary/aromatic N) is 3. The van der Waals surface area contributed by atoms with Gasteiger partial charge in [-0.15, -0.1) is 0 Å². The Kier molecular flexibility index (Phi) is 5.86. The summed E-state index contributed by atoms with van der Waals surface area (Å²) in [6, 6.07) is 51.2. The molecule has 0 unspecified atom stereocenters. The van der Waals surface area contributed by atoms with Crippen molar-refractivity contribution >= 4 is 65.8 Å². The van der Waals surface area contributed by atoms with Crippen molar-refractivity contribution in [1.82, 2.24) is 15.0 Å². The average Bonchev–Trinajstić information content (AvgIpc) is 3.88. The fraction of sp³-hybridized carbons (Fsp3) is 0. The summed E-state index contributed by atoms with van der Waals surface area (Å²) in [5.41, 5.74) is 9.84. The fourth-order valence-electron chi connectivity index (χ4n) is 7.30. The van der Waals surface area contributed by atoms with Gasteiger partial charge in [-0.25, -0.2) is 15.0 Å². The Bertz CT molecular complexity index is 3150. The third-order valence-electron chi connectivity index (χ3n) is 9.75. The molecular formula is C45H25N3O3. The number of hydrogen-bond donors (Lipinski definition) is 0. The van der Waals surface area contributed by atoms with E-state index in [1.165, 1.54) is 0 Å². The van der Waals surface area contributed by atoms with Crippen molar-refractivity contribution in [1.29, 1.82) is 0 Å². The van der Waals surface area contributed by atoms with Crippen LogP contribution in [0, 0.1) is 0 Å². The van der Waals surface area contributed by atoms with Crippen LogP contribution in [0.25, 0.3) is 111 Å². The smallest absolute Gasteiger partial charge is 0.164 e. The van der Waals surface area contributed by atoms with Gasteiger partial charge in [0.15, 0.2) is 17.5 Å². The van der Waals surface area contributed by atoms with Crippen molar-refractivity contribution in [3.05, 3.63) is 152 Å². The van der Waals surface area contributed by atoms with Gasteiger partial charge in [-0.2, -0.15) is 0 Å². The van der Waals surface area contributed by atoms with Crippen molar-refractivity contribution in [2.45, 2.75) is 0 Å². The van der Waals surface area contributed by atoms with Gasteiger partial charge in [0.25, 0.3) is 0 Å². The molecule has 0 saturated carbocycles. The second kappa shape index (κ2) is 10.7. The zero-order valence-corrected chi connectivity index (χ0v) is 27.0. The van der Waals surface area contributed by atoms with E-state index in [0.29, 0.717) is 17.5 Å². The van der Waals surface area contributed by atoms with Crippen LogP contribution >= 0.6 is 0 Å². The van der Waals surface area contributed by atoms with Crippen molar-refractivity contribution in [2.75, 3.05) is 0 Å². The van der Waals surface area contributed by atoms with Gasteiger partial charge in [0.2, 0.25) is 0 Å². The molecule has 6 nitrogen and oxygen atoms in total. The monoisotopic (exact) mass is 655 g/mol. The Morgan fingerprint density at radius 3 is 1.59 bits per heavy atom. The topological polar surface area (TPSA) is 78.1 Å². The molecular weight excluding hydrogens is 631 g/mol. The lowest BCUT2D eigenvalue weighted by Crippen LogP contribution is -2.00. The van der Waals surface area contributed by atoms with E-state index in [4.69, 9.17) is 28.2 Å². The van der Waals surface area contributed by atoms with E-state index in [-0.39, 0.29) is 0 Å². The highest BCUT2D eigenvalue weighted by Crippen LogP contribution is 2.39. The maximum absolute atomic E-state index is 6.45. The van der Waals surface area contributed by atoms with E-state index in [9.17, 15) is 0 Å². The van der Waals surface area contributed by atoms with E-state index < -0.39 is 0 Å². The summed E-state index contributed by atoms with van der Waals surface area (Å²) in [5, 5.41) is 6.29. The molecule has 4 heterocycles. The first-order valence-corrected chi connectivity index (χ1v) is 16.8. The molecule has 0 saturated heterocycles. The van der Waals surface area contributed by atoms with Gasteiger partial charge < -0.3 is 13.3 Å². The summed E-state index contributed by atoms with van der Waals surface area (Å²) >= 11 is 0. The van der Waals surface area contributed by atoms with Crippen LogP contribution in [0.1, 0.15) is 0 Å². The van der Waals surface area contributed by atoms with Crippen molar-refractivity contribution in [3.63, 3.8) is 0 Å². The van der Waals surface area contributed by atoms with Gasteiger partial charge in [0, 0.05) is 49.0 Å². The number of hydrogen-bond acceptors (Lipinski definition) is 6. The summed E-state index contributed by atoms with van der Waals surface area (Å²) in [4.78, 5) is 15.1. The average molecular weight is 656 g/mol. The summed E-state index contributed by atoms with van der Waals surface area (Å²) < 4.78 is 18.7. The van der Waals surface area contributed by atoms with E-state index >= 15 is 0 Å². The lowest BCUT2D eigenvalue weighted by molar-refractivity contribution is 0.668. The Morgan fingerprint density at radius 2 is 0.824 bits per heavy atom. The molecule has 0 radical (unpaired) electrons. The van der Waals surface area contributed by atoms with Gasteiger partial charge >= 0.3 is 0 Å². The fourth-order valence-corrected chi connectivity index (χ4v) is 7.30. The van der Waals surface area contributed by atoms with Crippen LogP contribution in [0.4, 0.5) is 0 Å². The zero-order valence-electron chi connectivity index (χ0n) is 27.0. The van der Waals surface area contributed by atoms with Gasteiger partial charge in [-0.3, -0.25) is 0 Å². The summed E-state index contributed by atoms with van der Waals surface area (Å²) in [5.74, 6) is 1.73. The molecule has 0 atom stereocenters. The predicted octanol–water partition coefficient (Wildman–Crippen LogP) is 12.2. The number of aromatic nitrogens is 3. The number of fused-ring (bicyclic) bond motifs is 9. The van der Waals surface area contributed by atoms with Crippen LogP contribution in [0.2, 0.25) is 0 Å². The van der Waals surface area contributed by atoms with Crippen molar-refractivity contribution in [3.8, 4) is 45.3 Å². The maximum Gasteiger partial charge on any atom is 0.164 e. The molecule has 11 rings (SSSR count). The first kappa shape index (κ1) is 27.9. The minimum atomic E-state index is 0.562. The number of furan rings is 3. The number of benzene rings is 7. The Morgan fingerprint density at radius 1 is 0.294 bits per heavy atom. The highest BCUT2D eigenvalue weighted by atomic mass is 16.3. The second-order valence-corrected chi connectivity index (χ2v) is 12.8. The van der Waals surface area contributed by atoms with Crippen LogP contribution in [0.5, 0.6) is 0 Å². The van der Waals surface area contributed by atoms with Crippen LogP contribution in [-0.4, -0.2) is 15.0 Å². The summed E-state index contributed by atoms with van der Waals surface area (Å²) in [6.07, 6.45) is 0. The molecule has 0 bridgehead atoms. The molecule has 0 spiro atoms. The molecule has 51 heavy (non-hydrogen) atoms. The molecule has 0 aliphatic carbocycles. The third kappa shape index (κ3) is 4.40. The van der Waals surface area contributed by atoms with E-state index in [1.807, 2.05) is 97.1 Å². The van der Waals surface area contributed by atoms with Crippen molar-refractivity contribution < 1.29 is 13.3 Å². The highest BCUT2D eigenvalue weighted by Gasteiger charge is 2.19. The third-order valence-corrected chi connectivity index (χ3v) is 9.75. The van der Waals surface area contributed by atoms with Gasteiger partial charge in [0.1, 0.15) is 33.5 Å². The molecule has 11 aromatic rings. The first-order chi connectivity index (χ1) is 25.2. The minimum Gasteiger partial charge on any atom is -0.456 e. The number of rotatable bonds is 4. The maximum atomic E-state index is 6.45. The van der Waals surface area contributed by atoms with Crippen LogP contribution in [-0.2, 0) is 0 Å². The number of para-hydroxylation sites is 2. The van der Waals surface area contributed by atoms with Gasteiger partial charge in [-0.05, 0) is 65.7 Å². The Labute approximate surface area is 290 Å². The predicted molar refractivity (Wildman–Crippen MR) is 203 cm³/mol. The molecule has 4 aromatic heterocycles. The first-order valence-electron chi connectivity index (χ1n) is 16.8. The largest absolute Gasteiger partial charge is 0.456 e. The standard InChI is InChI=1S/C45H25N3O3/c1-2-9-26(10-3-1)43-46-44(48-45(47-43)33-13-8-16-40-42(33)32-12-5-7-15-37(32)50-40)29-17-20-31-35-24-28(19-22-39(35)51-41(31)25-29)27-18-21-38-34(23-27)30-11-4-6-14-36(30)49-38/h1-25H. The van der Waals surface area contributed by atoms with Crippen LogP contribution < -0.4 is 0 Å². The lowest BCUT2D eigenvalue weighted by atomic mass is 10.0. The second-order valence-electron chi connectivity index (χ2n) is 12.8. The minimum absolute atomic E-state index is 0.562.